The molecule has 1 aliphatic heterocycles. The molecular formula is C9H8N2O2. The van der Waals surface area contributed by atoms with E-state index in [9.17, 15) is 9.59 Å². The Morgan fingerprint density at radius 2 is 2.31 bits per heavy atom. The number of fused-ring (bicyclic) bond motifs is 1. The van der Waals surface area contributed by atoms with Gasteiger partial charge in [-0.1, -0.05) is 6.08 Å². The van der Waals surface area contributed by atoms with Crippen molar-refractivity contribution in [3.05, 3.63) is 23.9 Å². The smallest absolute Gasteiger partial charge is 0.262 e. The summed E-state index contributed by atoms with van der Waals surface area (Å²) in [5, 5.41) is 2.59. The maximum atomic E-state index is 11.3. The molecule has 1 atom stereocenters. The van der Waals surface area contributed by atoms with Crippen molar-refractivity contribution in [2.45, 2.75) is 0 Å². The highest BCUT2D eigenvalue weighted by atomic mass is 16.2. The lowest BCUT2D eigenvalue weighted by Crippen LogP contribution is -2.31. The van der Waals surface area contributed by atoms with Gasteiger partial charge < -0.3 is 5.32 Å². The van der Waals surface area contributed by atoms with Gasteiger partial charge in [-0.05, 0) is 12.2 Å². The van der Waals surface area contributed by atoms with E-state index in [1.165, 1.54) is 12.3 Å². The number of nitrogens with zero attached hydrogens (tertiary/aromatic N) is 1. The maximum Gasteiger partial charge on any atom is 0.262 e. The van der Waals surface area contributed by atoms with Crippen molar-refractivity contribution >= 4 is 17.9 Å². The van der Waals surface area contributed by atoms with Crippen LogP contribution in [0.15, 0.2) is 28.9 Å². The number of ketones is 1. The molecule has 4 nitrogen and oxygen atoms in total. The molecule has 0 fully saturated rings. The fraction of sp³-hybridized carbons (Fsp3) is 0.222. The first-order valence-electron chi connectivity index (χ1n) is 4.01. The minimum atomic E-state index is -0.298. The second kappa shape index (κ2) is 2.97. The van der Waals surface area contributed by atoms with Crippen LogP contribution in [0.5, 0.6) is 0 Å². The minimum Gasteiger partial charge on any atom is -0.350 e. The first-order valence-corrected chi connectivity index (χ1v) is 4.01. The summed E-state index contributed by atoms with van der Waals surface area (Å²) in [4.78, 5) is 26.2. The summed E-state index contributed by atoms with van der Waals surface area (Å²) in [5.74, 6) is -0.548. The molecule has 1 N–H and O–H groups in total. The lowest BCUT2D eigenvalue weighted by molar-refractivity contribution is -0.117. The summed E-state index contributed by atoms with van der Waals surface area (Å²) in [6.07, 6.45) is 6.11. The molecule has 13 heavy (non-hydrogen) atoms. The highest BCUT2D eigenvalue weighted by Gasteiger charge is 2.24. The zero-order valence-corrected chi connectivity index (χ0v) is 6.86. The van der Waals surface area contributed by atoms with Crippen molar-refractivity contribution in [3.63, 3.8) is 0 Å². The second-order valence-corrected chi connectivity index (χ2v) is 2.91. The summed E-state index contributed by atoms with van der Waals surface area (Å²) >= 11 is 0. The van der Waals surface area contributed by atoms with E-state index in [2.05, 4.69) is 10.3 Å². The van der Waals surface area contributed by atoms with Crippen molar-refractivity contribution in [2.75, 3.05) is 6.54 Å². The van der Waals surface area contributed by atoms with E-state index < -0.39 is 0 Å². The molecule has 4 heteroatoms. The number of carbonyl (C=O) groups is 2. The van der Waals surface area contributed by atoms with Gasteiger partial charge in [-0.25, -0.2) is 0 Å². The quantitative estimate of drug-likeness (QED) is 0.557. The Morgan fingerprint density at radius 1 is 1.46 bits per heavy atom. The highest BCUT2D eigenvalue weighted by molar-refractivity contribution is 6.26. The Kier molecular flexibility index (Phi) is 1.81. The Balaban J connectivity index is 2.34. The van der Waals surface area contributed by atoms with Crippen LogP contribution in [-0.2, 0) is 9.59 Å². The van der Waals surface area contributed by atoms with E-state index in [0.717, 1.165) is 0 Å². The van der Waals surface area contributed by atoms with Gasteiger partial charge in [0.2, 0.25) is 0 Å². The van der Waals surface area contributed by atoms with Gasteiger partial charge in [-0.3, -0.25) is 14.6 Å². The van der Waals surface area contributed by atoms with Crippen molar-refractivity contribution in [3.8, 4) is 0 Å². The number of allylic oxidation sites excluding steroid dienone is 3. The molecule has 2 aliphatic rings. The first-order chi connectivity index (χ1) is 6.27. The number of hydrogen-bond donors (Lipinski definition) is 1. The number of rotatable bonds is 0. The van der Waals surface area contributed by atoms with Gasteiger partial charge in [0, 0.05) is 6.54 Å². The molecule has 0 spiro atoms. The largest absolute Gasteiger partial charge is 0.350 e. The van der Waals surface area contributed by atoms with Crippen LogP contribution >= 0.6 is 0 Å². The fourth-order valence-corrected chi connectivity index (χ4v) is 1.34. The number of nitrogens with one attached hydrogen (secondary N) is 1. The van der Waals surface area contributed by atoms with E-state index in [0.29, 0.717) is 12.2 Å². The predicted octanol–water partition coefficient (Wildman–Crippen LogP) is -0.174. The topological polar surface area (TPSA) is 58.5 Å². The molecule has 1 aliphatic carbocycles. The molecule has 0 saturated heterocycles. The molecule has 66 valence electrons. The van der Waals surface area contributed by atoms with E-state index in [1.807, 2.05) is 0 Å². The Bertz CT molecular complexity index is 353. The van der Waals surface area contributed by atoms with Crippen LogP contribution in [0.3, 0.4) is 0 Å². The summed E-state index contributed by atoms with van der Waals surface area (Å²) < 4.78 is 0. The number of amides is 1. The normalized spacial score (nSPS) is 26.2. The van der Waals surface area contributed by atoms with Gasteiger partial charge in [0.15, 0.2) is 5.78 Å². The lowest BCUT2D eigenvalue weighted by atomic mass is 9.96. The van der Waals surface area contributed by atoms with Crippen LogP contribution in [0, 0.1) is 5.92 Å². The van der Waals surface area contributed by atoms with Crippen LogP contribution in [0.2, 0.25) is 0 Å². The molecular weight excluding hydrogens is 168 g/mol. The van der Waals surface area contributed by atoms with Gasteiger partial charge in [-0.15, -0.1) is 0 Å². The molecule has 0 radical (unpaired) electrons. The van der Waals surface area contributed by atoms with Crippen molar-refractivity contribution < 1.29 is 9.59 Å². The van der Waals surface area contributed by atoms with E-state index in [4.69, 9.17) is 0 Å². The zero-order valence-electron chi connectivity index (χ0n) is 6.86. The summed E-state index contributed by atoms with van der Waals surface area (Å²) in [6, 6.07) is 0. The number of aliphatic imine (C=N–C) groups is 1. The van der Waals surface area contributed by atoms with Gasteiger partial charge in [0.1, 0.15) is 0 Å². The van der Waals surface area contributed by atoms with Crippen molar-refractivity contribution in [2.24, 2.45) is 10.9 Å². The van der Waals surface area contributed by atoms with E-state index in [-0.39, 0.29) is 17.6 Å². The molecule has 1 amide bonds. The van der Waals surface area contributed by atoms with Gasteiger partial charge >= 0.3 is 0 Å². The standard InChI is InChI=1S/C9H8N2O2/c12-8-3-1-2-7-6(8)4-11-9(13)5-10-7/h1-3,5-6H,4H2,(H,11,13). The molecule has 0 bridgehead atoms. The Hall–Kier alpha value is -1.71. The molecule has 1 unspecified atom stereocenters. The molecule has 0 aromatic heterocycles. The first kappa shape index (κ1) is 7.91. The van der Waals surface area contributed by atoms with Crippen LogP contribution in [-0.4, -0.2) is 24.4 Å². The average Bonchev–Trinajstić information content (AvgIpc) is 2.30. The molecule has 0 saturated carbocycles. The molecule has 0 aromatic rings. The third-order valence-electron chi connectivity index (χ3n) is 2.04. The molecule has 0 aromatic carbocycles. The van der Waals surface area contributed by atoms with Crippen LogP contribution in [0.1, 0.15) is 0 Å². The fourth-order valence-electron chi connectivity index (χ4n) is 1.34. The van der Waals surface area contributed by atoms with Gasteiger partial charge in [-0.2, -0.15) is 0 Å². The minimum absolute atomic E-state index is 0.00292. The van der Waals surface area contributed by atoms with Crippen molar-refractivity contribution in [1.82, 2.24) is 5.32 Å². The monoisotopic (exact) mass is 176 g/mol. The van der Waals surface area contributed by atoms with Gasteiger partial charge in [0.25, 0.3) is 5.91 Å². The number of carbonyl (C=O) groups excluding carboxylic acids is 2. The Morgan fingerprint density at radius 3 is 3.15 bits per heavy atom. The Labute approximate surface area is 75.0 Å². The van der Waals surface area contributed by atoms with Gasteiger partial charge in [0.05, 0.1) is 17.8 Å². The highest BCUT2D eigenvalue weighted by Crippen LogP contribution is 2.18. The maximum absolute atomic E-state index is 11.3. The van der Waals surface area contributed by atoms with Crippen molar-refractivity contribution in [1.29, 1.82) is 0 Å². The van der Waals surface area contributed by atoms with E-state index >= 15 is 0 Å². The van der Waals surface area contributed by atoms with Crippen LogP contribution in [0.25, 0.3) is 0 Å². The SMILES string of the molecule is O=C1C=NC2=CC=CC(=O)C2CN1. The molecule has 2 rings (SSSR count). The third kappa shape index (κ3) is 1.42. The summed E-state index contributed by atoms with van der Waals surface area (Å²) in [5.41, 5.74) is 0.658. The number of hydrogen-bond acceptors (Lipinski definition) is 3. The second-order valence-electron chi connectivity index (χ2n) is 2.91. The summed E-state index contributed by atoms with van der Waals surface area (Å²) in [6.45, 7) is 0.341. The lowest BCUT2D eigenvalue weighted by Gasteiger charge is -2.14. The average molecular weight is 176 g/mol. The zero-order chi connectivity index (χ0) is 9.26. The molecule has 1 heterocycles. The predicted molar refractivity (Wildman–Crippen MR) is 47.2 cm³/mol. The summed E-state index contributed by atoms with van der Waals surface area (Å²) in [7, 11) is 0. The van der Waals surface area contributed by atoms with Crippen LogP contribution < -0.4 is 5.32 Å². The van der Waals surface area contributed by atoms with E-state index in [1.54, 1.807) is 12.2 Å². The van der Waals surface area contributed by atoms with Crippen LogP contribution in [0.4, 0.5) is 0 Å². The third-order valence-corrected chi connectivity index (χ3v) is 2.04.